The van der Waals surface area contributed by atoms with Gasteiger partial charge in [0.05, 0.1) is 6.61 Å². The van der Waals surface area contributed by atoms with Crippen LogP contribution >= 0.6 is 0 Å². The van der Waals surface area contributed by atoms with Crippen molar-refractivity contribution >= 4 is 5.91 Å². The maximum atomic E-state index is 12.2. The summed E-state index contributed by atoms with van der Waals surface area (Å²) < 4.78 is 5.01. The molecule has 0 aliphatic heterocycles. The van der Waals surface area contributed by atoms with Gasteiger partial charge >= 0.3 is 0 Å². The largest absolute Gasteiger partial charge is 0.383 e. The molecule has 0 bridgehead atoms. The third-order valence-electron chi connectivity index (χ3n) is 2.88. The first kappa shape index (κ1) is 15.7. The van der Waals surface area contributed by atoms with Crippen LogP contribution in [0.2, 0.25) is 0 Å². The number of benzene rings is 1. The maximum Gasteiger partial charge on any atom is 0.241 e. The van der Waals surface area contributed by atoms with Crippen LogP contribution in [0.15, 0.2) is 30.3 Å². The average molecular weight is 264 g/mol. The summed E-state index contributed by atoms with van der Waals surface area (Å²) in [6.07, 6.45) is 2.08. The van der Waals surface area contributed by atoms with Crippen LogP contribution in [0, 0.1) is 0 Å². The zero-order chi connectivity index (χ0) is 13.9. The van der Waals surface area contributed by atoms with Crippen molar-refractivity contribution in [2.24, 2.45) is 0 Å². The van der Waals surface area contributed by atoms with Crippen LogP contribution in [-0.2, 0) is 9.53 Å². The van der Waals surface area contributed by atoms with Crippen LogP contribution in [0.25, 0.3) is 0 Å². The molecule has 1 rings (SSSR count). The van der Waals surface area contributed by atoms with E-state index in [4.69, 9.17) is 4.74 Å². The number of nitrogens with one attached hydrogen (secondary N) is 2. The lowest BCUT2D eigenvalue weighted by atomic mass is 10.1. The molecule has 0 aliphatic rings. The van der Waals surface area contributed by atoms with Gasteiger partial charge in [0.25, 0.3) is 0 Å². The summed E-state index contributed by atoms with van der Waals surface area (Å²) in [6.45, 7) is 4.07. The van der Waals surface area contributed by atoms with E-state index in [1.807, 2.05) is 30.3 Å². The zero-order valence-electron chi connectivity index (χ0n) is 11.8. The van der Waals surface area contributed by atoms with Crippen LogP contribution in [0.4, 0.5) is 0 Å². The lowest BCUT2D eigenvalue weighted by Gasteiger charge is -2.18. The van der Waals surface area contributed by atoms with Crippen LogP contribution in [0.3, 0.4) is 0 Å². The van der Waals surface area contributed by atoms with Gasteiger partial charge in [-0.2, -0.15) is 0 Å². The number of ether oxygens (including phenoxy) is 1. The first-order valence-electron chi connectivity index (χ1n) is 6.84. The molecular weight excluding hydrogens is 240 g/mol. The number of methoxy groups -OCH3 is 1. The molecule has 1 amide bonds. The van der Waals surface area contributed by atoms with Gasteiger partial charge in [-0.1, -0.05) is 43.7 Å². The van der Waals surface area contributed by atoms with Crippen molar-refractivity contribution in [2.75, 3.05) is 26.8 Å². The smallest absolute Gasteiger partial charge is 0.241 e. The summed E-state index contributed by atoms with van der Waals surface area (Å²) in [5.74, 6) is 0.0238. The van der Waals surface area contributed by atoms with Crippen molar-refractivity contribution in [2.45, 2.75) is 25.8 Å². The maximum absolute atomic E-state index is 12.2. The van der Waals surface area contributed by atoms with Gasteiger partial charge in [0.2, 0.25) is 5.91 Å². The number of hydrogen-bond acceptors (Lipinski definition) is 3. The first-order chi connectivity index (χ1) is 9.29. The van der Waals surface area contributed by atoms with Crippen LogP contribution in [0.1, 0.15) is 31.4 Å². The summed E-state index contributed by atoms with van der Waals surface area (Å²) >= 11 is 0. The van der Waals surface area contributed by atoms with Gasteiger partial charge < -0.3 is 10.1 Å². The first-order valence-corrected chi connectivity index (χ1v) is 6.84. The number of hydrogen-bond donors (Lipinski definition) is 2. The van der Waals surface area contributed by atoms with E-state index < -0.39 is 0 Å². The molecule has 0 spiro atoms. The number of unbranched alkanes of at least 4 members (excludes halogenated alkanes) is 1. The number of amides is 1. The van der Waals surface area contributed by atoms with Gasteiger partial charge in [-0.25, -0.2) is 0 Å². The minimum atomic E-state index is -0.312. The molecule has 0 saturated heterocycles. The summed E-state index contributed by atoms with van der Waals surface area (Å²) in [6, 6.07) is 9.45. The van der Waals surface area contributed by atoms with E-state index in [1.165, 1.54) is 0 Å². The van der Waals surface area contributed by atoms with Crippen LogP contribution < -0.4 is 10.6 Å². The van der Waals surface area contributed by atoms with Crippen molar-refractivity contribution < 1.29 is 9.53 Å². The van der Waals surface area contributed by atoms with E-state index in [-0.39, 0.29) is 11.9 Å². The monoisotopic (exact) mass is 264 g/mol. The summed E-state index contributed by atoms with van der Waals surface area (Å²) in [5.41, 5.74) is 0.979. The fourth-order valence-corrected chi connectivity index (χ4v) is 1.80. The molecule has 0 radical (unpaired) electrons. The second kappa shape index (κ2) is 9.53. The number of carbonyl (C=O) groups is 1. The van der Waals surface area contributed by atoms with Gasteiger partial charge in [-0.3, -0.25) is 10.1 Å². The molecular formula is C15H24N2O2. The standard InChI is InChI=1S/C15H24N2O2/c1-3-4-10-17-15(18)14(16-11-12-19-2)13-8-6-5-7-9-13/h5-9,14,16H,3-4,10-12H2,1-2H3,(H,17,18). The molecule has 1 atom stereocenters. The minimum absolute atomic E-state index is 0.0238. The molecule has 0 aliphatic carbocycles. The molecule has 19 heavy (non-hydrogen) atoms. The predicted octanol–water partition coefficient (Wildman–Crippen LogP) is 1.88. The molecule has 0 saturated carbocycles. The van der Waals surface area contributed by atoms with Crippen molar-refractivity contribution in [3.63, 3.8) is 0 Å². The van der Waals surface area contributed by atoms with Crippen LogP contribution in [0.5, 0.6) is 0 Å². The Bertz CT molecular complexity index is 354. The fourth-order valence-electron chi connectivity index (χ4n) is 1.80. The number of carbonyl (C=O) groups excluding carboxylic acids is 1. The average Bonchev–Trinajstić information content (AvgIpc) is 2.45. The van der Waals surface area contributed by atoms with E-state index in [0.29, 0.717) is 13.2 Å². The molecule has 2 N–H and O–H groups in total. The Morgan fingerprint density at radius 1 is 1.26 bits per heavy atom. The fraction of sp³-hybridized carbons (Fsp3) is 0.533. The Labute approximate surface area is 115 Å². The molecule has 0 heterocycles. The van der Waals surface area contributed by atoms with Gasteiger partial charge in [0.1, 0.15) is 6.04 Å². The molecule has 1 unspecified atom stereocenters. The quantitative estimate of drug-likeness (QED) is 0.670. The topological polar surface area (TPSA) is 50.4 Å². The zero-order valence-corrected chi connectivity index (χ0v) is 11.8. The van der Waals surface area contributed by atoms with E-state index in [1.54, 1.807) is 7.11 Å². The van der Waals surface area contributed by atoms with Crippen molar-refractivity contribution in [1.29, 1.82) is 0 Å². The lowest BCUT2D eigenvalue weighted by Crippen LogP contribution is -2.39. The highest BCUT2D eigenvalue weighted by Crippen LogP contribution is 2.12. The van der Waals surface area contributed by atoms with E-state index in [2.05, 4.69) is 17.6 Å². The molecule has 1 aromatic rings. The van der Waals surface area contributed by atoms with Gasteiger partial charge in [-0.15, -0.1) is 0 Å². The molecule has 1 aromatic carbocycles. The van der Waals surface area contributed by atoms with Gasteiger partial charge in [-0.05, 0) is 12.0 Å². The van der Waals surface area contributed by atoms with E-state index in [0.717, 1.165) is 24.9 Å². The highest BCUT2D eigenvalue weighted by molar-refractivity contribution is 5.83. The van der Waals surface area contributed by atoms with Crippen molar-refractivity contribution in [1.82, 2.24) is 10.6 Å². The highest BCUT2D eigenvalue weighted by Gasteiger charge is 2.18. The molecule has 106 valence electrons. The number of rotatable bonds is 9. The summed E-state index contributed by atoms with van der Waals surface area (Å²) in [4.78, 5) is 12.2. The minimum Gasteiger partial charge on any atom is -0.383 e. The van der Waals surface area contributed by atoms with E-state index in [9.17, 15) is 4.79 Å². The van der Waals surface area contributed by atoms with Crippen LogP contribution in [-0.4, -0.2) is 32.7 Å². The predicted molar refractivity (Wildman–Crippen MR) is 77.0 cm³/mol. The third-order valence-corrected chi connectivity index (χ3v) is 2.88. The lowest BCUT2D eigenvalue weighted by molar-refractivity contribution is -0.123. The Morgan fingerprint density at radius 2 is 2.00 bits per heavy atom. The second-order valence-corrected chi connectivity index (χ2v) is 4.44. The van der Waals surface area contributed by atoms with Gasteiger partial charge in [0, 0.05) is 20.2 Å². The Hall–Kier alpha value is -1.39. The molecule has 0 aromatic heterocycles. The highest BCUT2D eigenvalue weighted by atomic mass is 16.5. The molecule has 4 nitrogen and oxygen atoms in total. The van der Waals surface area contributed by atoms with E-state index >= 15 is 0 Å². The summed E-state index contributed by atoms with van der Waals surface area (Å²) in [5, 5.41) is 6.19. The SMILES string of the molecule is CCCCNC(=O)C(NCCOC)c1ccccc1. The Balaban J connectivity index is 2.61. The summed E-state index contributed by atoms with van der Waals surface area (Å²) in [7, 11) is 1.65. The third kappa shape index (κ3) is 5.85. The van der Waals surface area contributed by atoms with Gasteiger partial charge in [0.15, 0.2) is 0 Å². The second-order valence-electron chi connectivity index (χ2n) is 4.44. The Kier molecular flexibility index (Phi) is 7.86. The molecule has 4 heteroatoms. The van der Waals surface area contributed by atoms with Crippen molar-refractivity contribution in [3.05, 3.63) is 35.9 Å². The Morgan fingerprint density at radius 3 is 2.63 bits per heavy atom. The normalized spacial score (nSPS) is 12.1. The van der Waals surface area contributed by atoms with Crippen molar-refractivity contribution in [3.8, 4) is 0 Å². The molecule has 0 fully saturated rings.